The van der Waals surface area contributed by atoms with Gasteiger partial charge in [0.05, 0.1) is 10.1 Å². The molecular weight excluding hydrogens is 489 g/mol. The van der Waals surface area contributed by atoms with Gasteiger partial charge in [0.15, 0.2) is 9.84 Å². The summed E-state index contributed by atoms with van der Waals surface area (Å²) in [6.45, 7) is 11.8. The molecule has 1 rings (SSSR count). The van der Waals surface area contributed by atoms with E-state index in [-0.39, 0.29) is 11.5 Å². The van der Waals surface area contributed by atoms with Gasteiger partial charge < -0.3 is 0 Å². The Hall–Kier alpha value is -0.180. The molecule has 128 valence electrons. The number of benzene rings is 1. The van der Waals surface area contributed by atoms with Gasteiger partial charge in [-0.2, -0.15) is 0 Å². The van der Waals surface area contributed by atoms with Gasteiger partial charge in [0.2, 0.25) is 0 Å². The predicted molar refractivity (Wildman–Crippen MR) is 109 cm³/mol. The smallest absolute Gasteiger partial charge is 0.184 e. The number of nitrogens with zero attached hydrogens (tertiary/aromatic N) is 1. The minimum Gasteiger partial charge on any atom is -0.243 e. The molecule has 23 heavy (non-hydrogen) atoms. The second kappa shape index (κ2) is 8.27. The quantitative estimate of drug-likeness (QED) is 0.279. The monoisotopic (exact) mass is 511 g/mol. The minimum absolute atomic E-state index is 0.0608. The molecule has 2 atom stereocenters. The number of hydrogen-bond donors (Lipinski definition) is 0. The zero-order chi connectivity index (χ0) is 17.8. The molecule has 0 saturated heterocycles. The summed E-state index contributed by atoms with van der Waals surface area (Å²) < 4.78 is 28.7. The van der Waals surface area contributed by atoms with Crippen molar-refractivity contribution in [2.45, 2.75) is 36.5 Å². The van der Waals surface area contributed by atoms with Crippen LogP contribution < -0.4 is 0 Å². The maximum absolute atomic E-state index is 12.9. The molecule has 0 radical (unpaired) electrons. The molecule has 6 heteroatoms. The Morgan fingerprint density at radius 2 is 1.78 bits per heavy atom. The van der Waals surface area contributed by atoms with Gasteiger partial charge in [-0.1, -0.05) is 41.9 Å². The highest BCUT2D eigenvalue weighted by Gasteiger charge is 2.36. The minimum atomic E-state index is -3.46. The van der Waals surface area contributed by atoms with Crippen molar-refractivity contribution < 1.29 is 8.42 Å². The van der Waals surface area contributed by atoms with E-state index in [4.69, 9.17) is 0 Å². The van der Waals surface area contributed by atoms with Crippen LogP contribution >= 0.6 is 38.8 Å². The van der Waals surface area contributed by atoms with Crippen molar-refractivity contribution in [1.29, 1.82) is 0 Å². The van der Waals surface area contributed by atoms with E-state index in [0.717, 1.165) is 4.47 Å². The lowest BCUT2D eigenvalue weighted by Crippen LogP contribution is -2.40. The van der Waals surface area contributed by atoms with Crippen LogP contribution in [0.2, 0.25) is 0 Å². The summed E-state index contributed by atoms with van der Waals surface area (Å²) in [6.07, 6.45) is 3.87. The van der Waals surface area contributed by atoms with E-state index in [2.05, 4.69) is 65.8 Å². The van der Waals surface area contributed by atoms with Gasteiger partial charge >= 0.3 is 0 Å². The molecule has 0 saturated carbocycles. The lowest BCUT2D eigenvalue weighted by atomic mass is 9.80. The second-order valence-electron chi connectivity index (χ2n) is 6.17. The first kappa shape index (κ1) is 20.9. The first-order valence-electron chi connectivity index (χ1n) is 7.19. The summed E-state index contributed by atoms with van der Waals surface area (Å²) >= 11 is 5.53. The third-order valence-electron chi connectivity index (χ3n) is 3.94. The Morgan fingerprint density at radius 1 is 1.26 bits per heavy atom. The van der Waals surface area contributed by atoms with E-state index < -0.39 is 15.1 Å². The van der Waals surface area contributed by atoms with Crippen LogP contribution in [0.15, 0.2) is 58.9 Å². The maximum atomic E-state index is 12.9. The first-order chi connectivity index (χ1) is 10.6. The average Bonchev–Trinajstić information content (AvgIpc) is 2.45. The molecule has 1 aromatic rings. The fourth-order valence-corrected chi connectivity index (χ4v) is 5.72. The van der Waals surface area contributed by atoms with E-state index in [1.165, 1.54) is 6.08 Å². The fourth-order valence-electron chi connectivity index (χ4n) is 2.70. The summed E-state index contributed by atoms with van der Waals surface area (Å²) in [5.41, 5.74) is -0.265. The highest BCUT2D eigenvalue weighted by Crippen LogP contribution is 2.36. The lowest BCUT2D eigenvalue weighted by molar-refractivity contribution is 0.228. The normalized spacial score (nSPS) is 15.2. The van der Waals surface area contributed by atoms with Crippen molar-refractivity contribution in [2.75, 3.05) is 7.05 Å². The molecule has 3 nitrogen and oxygen atoms in total. The van der Waals surface area contributed by atoms with E-state index in [0.29, 0.717) is 11.3 Å². The average molecular weight is 512 g/mol. The Bertz CT molecular complexity index is 654. The summed E-state index contributed by atoms with van der Waals surface area (Å²) in [7, 11) is -1.50. The standard InChI is InChI=1S/C17H23BrINO2S/c1-6-14(12-17(3,4)16(7-2)20(5)19)23(21,22)15-10-8-13(18)9-11-15/h6-11,14,16H,1-2,12H2,3-5H3. The number of sulfone groups is 1. The first-order valence-corrected chi connectivity index (χ1v) is 10.5. The number of rotatable bonds is 8. The van der Waals surface area contributed by atoms with Gasteiger partial charge in [0.25, 0.3) is 0 Å². The van der Waals surface area contributed by atoms with Gasteiger partial charge in [-0.3, -0.25) is 0 Å². The molecule has 0 bridgehead atoms. The topological polar surface area (TPSA) is 37.4 Å². The Labute approximate surface area is 162 Å². The van der Waals surface area contributed by atoms with Crippen molar-refractivity contribution >= 4 is 48.6 Å². The van der Waals surface area contributed by atoms with Gasteiger partial charge in [-0.15, -0.1) is 13.2 Å². The second-order valence-corrected chi connectivity index (χ2v) is 10.8. The number of likely N-dealkylation sites (N-methyl/N-ethyl adjacent to an activating group) is 1. The van der Waals surface area contributed by atoms with Crippen molar-refractivity contribution in [1.82, 2.24) is 3.11 Å². The molecule has 1 aromatic carbocycles. The number of halogens is 2. The highest BCUT2D eigenvalue weighted by atomic mass is 127. The molecule has 0 amide bonds. The van der Waals surface area contributed by atoms with Crippen molar-refractivity contribution in [3.05, 3.63) is 54.0 Å². The van der Waals surface area contributed by atoms with Crippen LogP contribution in [-0.4, -0.2) is 29.9 Å². The number of hydrogen-bond acceptors (Lipinski definition) is 3. The van der Waals surface area contributed by atoms with Crippen LogP contribution in [0.25, 0.3) is 0 Å². The largest absolute Gasteiger partial charge is 0.243 e. The molecule has 0 aliphatic heterocycles. The van der Waals surface area contributed by atoms with Crippen molar-refractivity contribution in [3.63, 3.8) is 0 Å². The van der Waals surface area contributed by atoms with Crippen molar-refractivity contribution in [3.8, 4) is 0 Å². The Kier molecular flexibility index (Phi) is 7.50. The molecular formula is C17H23BrINO2S. The molecule has 0 aliphatic rings. The van der Waals surface area contributed by atoms with Crippen LogP contribution in [0, 0.1) is 5.41 Å². The van der Waals surface area contributed by atoms with Crippen LogP contribution in [0.5, 0.6) is 0 Å². The van der Waals surface area contributed by atoms with E-state index >= 15 is 0 Å². The van der Waals surface area contributed by atoms with Crippen LogP contribution in [0.1, 0.15) is 20.3 Å². The maximum Gasteiger partial charge on any atom is 0.184 e. The molecule has 0 aliphatic carbocycles. The van der Waals surface area contributed by atoms with Crippen LogP contribution in [-0.2, 0) is 9.84 Å². The predicted octanol–water partition coefficient (Wildman–Crippen LogP) is 5.03. The van der Waals surface area contributed by atoms with Crippen LogP contribution in [0.3, 0.4) is 0 Å². The summed E-state index contributed by atoms with van der Waals surface area (Å²) in [5.74, 6) is 0. The highest BCUT2D eigenvalue weighted by molar-refractivity contribution is 14.1. The van der Waals surface area contributed by atoms with Gasteiger partial charge in [-0.05, 0) is 43.1 Å². The molecule has 0 aromatic heterocycles. The summed E-state index contributed by atoms with van der Waals surface area (Å²) in [4.78, 5) is 0.319. The van der Waals surface area contributed by atoms with E-state index in [1.807, 2.05) is 16.2 Å². The van der Waals surface area contributed by atoms with E-state index in [9.17, 15) is 8.42 Å². The third-order valence-corrected chi connectivity index (χ3v) is 7.15. The van der Waals surface area contributed by atoms with Gasteiger partial charge in [0, 0.05) is 33.4 Å². The Balaban J connectivity index is 3.15. The summed E-state index contributed by atoms with van der Waals surface area (Å²) in [6, 6.07) is 6.79. The van der Waals surface area contributed by atoms with Gasteiger partial charge in [0.1, 0.15) is 0 Å². The fraction of sp³-hybridized carbons (Fsp3) is 0.412. The molecule has 0 heterocycles. The molecule has 0 spiro atoms. The molecule has 2 unspecified atom stereocenters. The lowest BCUT2D eigenvalue weighted by Gasteiger charge is -2.37. The van der Waals surface area contributed by atoms with E-state index in [1.54, 1.807) is 24.3 Å². The SMILES string of the molecule is C=CC(N(C)I)C(C)(C)CC(C=C)S(=O)(=O)c1ccc(Br)cc1. The molecule has 0 N–H and O–H groups in total. The molecule has 0 fully saturated rings. The van der Waals surface area contributed by atoms with Crippen molar-refractivity contribution in [2.24, 2.45) is 5.41 Å². The van der Waals surface area contributed by atoms with Crippen LogP contribution in [0.4, 0.5) is 0 Å². The Morgan fingerprint density at radius 3 is 2.17 bits per heavy atom. The zero-order valence-corrected chi connectivity index (χ0v) is 18.2. The third kappa shape index (κ3) is 5.14. The summed E-state index contributed by atoms with van der Waals surface area (Å²) in [5, 5.41) is -0.641. The van der Waals surface area contributed by atoms with Gasteiger partial charge in [-0.25, -0.2) is 11.5 Å². The zero-order valence-electron chi connectivity index (χ0n) is 13.7.